The van der Waals surface area contributed by atoms with Gasteiger partial charge < -0.3 is 15.1 Å². The molecule has 4 nitrogen and oxygen atoms in total. The van der Waals surface area contributed by atoms with Crippen molar-refractivity contribution >= 4 is 5.69 Å². The molecular weight excluding hydrogens is 312 g/mol. The zero-order valence-corrected chi connectivity index (χ0v) is 15.3. The van der Waals surface area contributed by atoms with Gasteiger partial charge in [0.05, 0.1) is 30.7 Å². The van der Waals surface area contributed by atoms with Crippen molar-refractivity contribution in [1.29, 1.82) is 0 Å². The number of benzene rings is 1. The van der Waals surface area contributed by atoms with E-state index in [0.717, 1.165) is 23.7 Å². The molecule has 1 aromatic carbocycles. The molecule has 0 amide bonds. The predicted molar refractivity (Wildman–Crippen MR) is 96.1 cm³/mol. The smallest absolute Gasteiger partial charge is 0.193 e. The highest BCUT2D eigenvalue weighted by atomic mass is 16.3. The third kappa shape index (κ3) is 1.27. The van der Waals surface area contributed by atoms with E-state index in [1.54, 1.807) is 0 Å². The van der Waals surface area contributed by atoms with E-state index in [1.165, 1.54) is 11.3 Å². The number of likely N-dealkylation sites (N-methyl/N-ethyl adjacent to an activating group) is 2. The SMILES string of the molecule is CC[C@H]1C2C[C@H]3[C@@H]4N(C)c5ccccc5C45C[C@@H](C2C5O)[N+]3(C)[C@@H]1O. The molecule has 5 heterocycles. The number of hydrogen-bond donors (Lipinski definition) is 2. The van der Waals surface area contributed by atoms with Gasteiger partial charge in [0, 0.05) is 37.4 Å². The van der Waals surface area contributed by atoms with Gasteiger partial charge in [0.2, 0.25) is 0 Å². The molecule has 5 aliphatic heterocycles. The van der Waals surface area contributed by atoms with Crippen molar-refractivity contribution in [3.63, 3.8) is 0 Å². The van der Waals surface area contributed by atoms with Crippen LogP contribution in [0, 0.1) is 17.8 Å². The van der Waals surface area contributed by atoms with E-state index in [2.05, 4.69) is 50.2 Å². The number of aliphatic hydroxyl groups is 2. The average molecular weight is 341 g/mol. The normalized spacial score (nSPS) is 57.1. The van der Waals surface area contributed by atoms with Crippen molar-refractivity contribution in [3.8, 4) is 0 Å². The maximum Gasteiger partial charge on any atom is 0.193 e. The Morgan fingerprint density at radius 2 is 2.00 bits per heavy atom. The summed E-state index contributed by atoms with van der Waals surface area (Å²) in [7, 11) is 4.51. The molecule has 2 N–H and O–H groups in total. The van der Waals surface area contributed by atoms with Gasteiger partial charge in [0.15, 0.2) is 6.23 Å². The molecule has 1 aromatic rings. The number of nitrogens with zero attached hydrogens (tertiary/aromatic N) is 2. The Balaban J connectivity index is 1.63. The maximum atomic E-state index is 11.7. The summed E-state index contributed by atoms with van der Waals surface area (Å²) in [6, 6.07) is 9.87. The summed E-state index contributed by atoms with van der Waals surface area (Å²) in [6.07, 6.45) is 2.67. The molecule has 134 valence electrons. The number of rotatable bonds is 1. The molecule has 4 heteroatoms. The fourth-order valence-corrected chi connectivity index (χ4v) is 8.58. The van der Waals surface area contributed by atoms with Crippen LogP contribution < -0.4 is 4.90 Å². The van der Waals surface area contributed by atoms with Crippen molar-refractivity contribution in [1.82, 2.24) is 0 Å². The highest BCUT2D eigenvalue weighted by molar-refractivity contribution is 5.66. The molecular formula is C21H29N2O2+. The molecule has 5 fully saturated rings. The molecule has 4 saturated heterocycles. The Hall–Kier alpha value is -1.10. The van der Waals surface area contributed by atoms with Crippen LogP contribution in [-0.2, 0) is 5.41 Å². The summed E-state index contributed by atoms with van der Waals surface area (Å²) in [5.41, 5.74) is 2.54. The van der Waals surface area contributed by atoms with Crippen LogP contribution in [0.3, 0.4) is 0 Å². The molecule has 25 heavy (non-hydrogen) atoms. The molecule has 1 aliphatic carbocycles. The molecule has 5 unspecified atom stereocenters. The Kier molecular flexibility index (Phi) is 2.54. The predicted octanol–water partition coefficient (Wildman–Crippen LogP) is 1.70. The monoisotopic (exact) mass is 341 g/mol. The van der Waals surface area contributed by atoms with Crippen LogP contribution in [0.1, 0.15) is 31.7 Å². The van der Waals surface area contributed by atoms with Crippen LogP contribution in [0.2, 0.25) is 0 Å². The lowest BCUT2D eigenvalue weighted by Gasteiger charge is -2.66. The fraction of sp³-hybridized carbons (Fsp3) is 0.714. The lowest BCUT2D eigenvalue weighted by atomic mass is 9.61. The Bertz CT molecular complexity index is 768. The quantitative estimate of drug-likeness (QED) is 0.764. The second-order valence-corrected chi connectivity index (χ2v) is 9.58. The van der Waals surface area contributed by atoms with Gasteiger partial charge in [0.25, 0.3) is 0 Å². The minimum Gasteiger partial charge on any atom is -0.392 e. The van der Waals surface area contributed by atoms with Crippen LogP contribution in [0.4, 0.5) is 5.69 Å². The number of anilines is 1. The van der Waals surface area contributed by atoms with E-state index >= 15 is 0 Å². The first-order valence-electron chi connectivity index (χ1n) is 10.0. The summed E-state index contributed by atoms with van der Waals surface area (Å²) in [6.45, 7) is 2.21. The van der Waals surface area contributed by atoms with E-state index in [4.69, 9.17) is 0 Å². The number of para-hydroxylation sites is 1. The van der Waals surface area contributed by atoms with Crippen LogP contribution in [0.25, 0.3) is 0 Å². The summed E-state index contributed by atoms with van der Waals surface area (Å²) in [5, 5.41) is 23.1. The van der Waals surface area contributed by atoms with Gasteiger partial charge in [-0.2, -0.15) is 0 Å². The van der Waals surface area contributed by atoms with Gasteiger partial charge in [-0.1, -0.05) is 25.1 Å². The number of piperidine rings is 4. The van der Waals surface area contributed by atoms with Crippen LogP contribution in [0.5, 0.6) is 0 Å². The van der Waals surface area contributed by atoms with Gasteiger partial charge in [0.1, 0.15) is 6.04 Å². The van der Waals surface area contributed by atoms with E-state index < -0.39 is 0 Å². The molecule has 5 bridgehead atoms. The number of quaternary nitrogens is 1. The van der Waals surface area contributed by atoms with Crippen molar-refractivity contribution < 1.29 is 14.7 Å². The average Bonchev–Trinajstić information content (AvgIpc) is 2.99. The van der Waals surface area contributed by atoms with Gasteiger partial charge in [-0.3, -0.25) is 4.48 Å². The molecule has 1 spiro atoms. The van der Waals surface area contributed by atoms with Gasteiger partial charge >= 0.3 is 0 Å². The first-order chi connectivity index (χ1) is 12.0. The number of fused-ring (bicyclic) bond motifs is 2. The molecule has 6 aliphatic rings. The Morgan fingerprint density at radius 3 is 2.76 bits per heavy atom. The second-order valence-electron chi connectivity index (χ2n) is 9.58. The van der Waals surface area contributed by atoms with Crippen molar-refractivity contribution in [3.05, 3.63) is 29.8 Å². The zero-order chi connectivity index (χ0) is 17.3. The maximum absolute atomic E-state index is 11.7. The molecule has 10 atom stereocenters. The highest BCUT2D eigenvalue weighted by Crippen LogP contribution is 2.70. The lowest BCUT2D eigenvalue weighted by molar-refractivity contribution is -1.02. The van der Waals surface area contributed by atoms with Crippen molar-refractivity contribution in [2.45, 2.75) is 62.1 Å². The Morgan fingerprint density at radius 1 is 1.24 bits per heavy atom. The van der Waals surface area contributed by atoms with Gasteiger partial charge in [-0.05, 0) is 24.0 Å². The highest BCUT2D eigenvalue weighted by Gasteiger charge is 2.82. The van der Waals surface area contributed by atoms with E-state index in [-0.39, 0.29) is 17.7 Å². The van der Waals surface area contributed by atoms with E-state index in [0.29, 0.717) is 35.9 Å². The zero-order valence-electron chi connectivity index (χ0n) is 15.3. The minimum atomic E-state index is -0.273. The fourth-order valence-electron chi connectivity index (χ4n) is 8.58. The molecule has 0 radical (unpaired) electrons. The van der Waals surface area contributed by atoms with Crippen molar-refractivity contribution in [2.75, 3.05) is 19.0 Å². The number of aliphatic hydroxyl groups excluding tert-OH is 2. The van der Waals surface area contributed by atoms with Gasteiger partial charge in [-0.15, -0.1) is 0 Å². The topological polar surface area (TPSA) is 43.7 Å². The van der Waals surface area contributed by atoms with E-state index in [9.17, 15) is 10.2 Å². The minimum absolute atomic E-state index is 0.125. The van der Waals surface area contributed by atoms with Crippen LogP contribution in [0.15, 0.2) is 24.3 Å². The van der Waals surface area contributed by atoms with Crippen LogP contribution >= 0.6 is 0 Å². The molecule has 0 aromatic heterocycles. The first-order valence-corrected chi connectivity index (χ1v) is 10.0. The standard InChI is InChI=1S/C21H29N2O2/c1-4-11-12-9-15-18-21(13-7-5-6-8-14(13)22(18)2)10-16(17(12)19(21)24)23(15,3)20(11)25/h5-8,11-12,15-20,24-25H,4,9-10H2,1-3H3/q+1/t11-,12?,15-,16-,17?,18-,19?,20+,21?,23?/m0/s1. The summed E-state index contributed by atoms with van der Waals surface area (Å²) < 4.78 is 0.779. The molecule has 1 saturated carbocycles. The second kappa shape index (κ2) is 4.24. The third-order valence-electron chi connectivity index (χ3n) is 9.39. The Labute approximate surface area is 149 Å². The van der Waals surface area contributed by atoms with E-state index in [1.807, 2.05) is 0 Å². The lowest BCUT2D eigenvalue weighted by Crippen LogP contribution is -2.81. The van der Waals surface area contributed by atoms with Crippen molar-refractivity contribution in [2.24, 2.45) is 17.8 Å². The molecule has 7 rings (SSSR count). The number of hydrogen-bond acceptors (Lipinski definition) is 3. The summed E-state index contributed by atoms with van der Waals surface area (Å²) >= 11 is 0. The third-order valence-corrected chi connectivity index (χ3v) is 9.39. The summed E-state index contributed by atoms with van der Waals surface area (Å²) in [5.74, 6) is 1.17. The summed E-state index contributed by atoms with van der Waals surface area (Å²) in [4.78, 5) is 2.44. The first kappa shape index (κ1) is 15.0. The van der Waals surface area contributed by atoms with Gasteiger partial charge in [-0.25, -0.2) is 0 Å². The largest absolute Gasteiger partial charge is 0.392 e. The van der Waals surface area contributed by atoms with Crippen LogP contribution in [-0.4, -0.2) is 59.2 Å².